The van der Waals surface area contributed by atoms with Crippen LogP contribution in [0.1, 0.15) is 42.1 Å². The molecule has 7 heteroatoms. The zero-order chi connectivity index (χ0) is 17.3. The fourth-order valence-electron chi connectivity index (χ4n) is 2.72. The molecule has 3 nitrogen and oxygen atoms in total. The van der Waals surface area contributed by atoms with Gasteiger partial charge in [-0.1, -0.05) is 0 Å². The molecule has 1 heterocycles. The molecule has 0 saturated carbocycles. The van der Waals surface area contributed by atoms with Crippen LogP contribution in [0, 0.1) is 5.82 Å². The third-order valence-electron chi connectivity index (χ3n) is 4.34. The fourth-order valence-corrected chi connectivity index (χ4v) is 2.72. The molecule has 128 valence electrons. The molecule has 1 amide bonds. The highest BCUT2D eigenvalue weighted by Crippen LogP contribution is 2.32. The van der Waals surface area contributed by atoms with Crippen LogP contribution in [0.15, 0.2) is 18.2 Å². The summed E-state index contributed by atoms with van der Waals surface area (Å²) in [4.78, 5) is 13.9. The van der Waals surface area contributed by atoms with Crippen LogP contribution in [0.25, 0.3) is 0 Å². The second-order valence-electron chi connectivity index (χ2n) is 5.99. The highest BCUT2D eigenvalue weighted by atomic mass is 19.4. The van der Waals surface area contributed by atoms with Gasteiger partial charge in [-0.3, -0.25) is 4.79 Å². The van der Waals surface area contributed by atoms with Crippen LogP contribution in [0.2, 0.25) is 0 Å². The first-order valence-electron chi connectivity index (χ1n) is 7.37. The lowest BCUT2D eigenvalue weighted by Gasteiger charge is -2.26. The Morgan fingerprint density at radius 3 is 2.57 bits per heavy atom. The smallest absolute Gasteiger partial charge is 0.378 e. The van der Waals surface area contributed by atoms with Crippen LogP contribution in [0.5, 0.6) is 0 Å². The van der Waals surface area contributed by atoms with Gasteiger partial charge in [-0.15, -0.1) is 0 Å². The van der Waals surface area contributed by atoms with E-state index in [0.717, 1.165) is 12.5 Å². The summed E-state index contributed by atoms with van der Waals surface area (Å²) in [6.45, 7) is 2.78. The Hall–Kier alpha value is -1.63. The number of nitrogens with zero attached hydrogens (tertiary/aromatic N) is 1. The van der Waals surface area contributed by atoms with Crippen LogP contribution >= 0.6 is 0 Å². The van der Waals surface area contributed by atoms with Crippen molar-refractivity contribution in [2.24, 2.45) is 0 Å². The number of hydrogen-bond donors (Lipinski definition) is 0. The van der Waals surface area contributed by atoms with Gasteiger partial charge >= 0.3 is 6.18 Å². The summed E-state index contributed by atoms with van der Waals surface area (Å²) in [6.07, 6.45) is -2.76. The molecular formula is C16H19F4NO2. The number of benzene rings is 1. The van der Waals surface area contributed by atoms with Gasteiger partial charge in [-0.25, -0.2) is 4.39 Å². The van der Waals surface area contributed by atoms with Crippen LogP contribution in [-0.2, 0) is 10.9 Å². The molecule has 1 atom stereocenters. The van der Waals surface area contributed by atoms with Gasteiger partial charge in [0.05, 0.1) is 11.2 Å². The highest BCUT2D eigenvalue weighted by molar-refractivity contribution is 5.94. The van der Waals surface area contributed by atoms with Crippen LogP contribution < -0.4 is 0 Å². The summed E-state index contributed by atoms with van der Waals surface area (Å²) in [5, 5.41) is 0. The molecule has 1 aliphatic rings. The Kier molecular flexibility index (Phi) is 4.98. The summed E-state index contributed by atoms with van der Waals surface area (Å²) >= 11 is 0. The third-order valence-corrected chi connectivity index (χ3v) is 4.34. The molecule has 0 N–H and O–H groups in total. The molecule has 1 aromatic rings. The molecule has 23 heavy (non-hydrogen) atoms. The first-order valence-corrected chi connectivity index (χ1v) is 7.37. The summed E-state index contributed by atoms with van der Waals surface area (Å²) in [6, 6.07) is 2.36. The van der Waals surface area contributed by atoms with Gasteiger partial charge in [-0.05, 0) is 44.4 Å². The molecule has 1 aromatic carbocycles. The van der Waals surface area contributed by atoms with Crippen LogP contribution in [0.3, 0.4) is 0 Å². The number of carbonyl (C=O) groups is 1. The summed E-state index contributed by atoms with van der Waals surface area (Å²) in [5.74, 6) is -1.90. The number of rotatable bonds is 2. The maximum atomic E-state index is 13.3. The van der Waals surface area contributed by atoms with Crippen molar-refractivity contribution in [3.63, 3.8) is 0 Å². The standard InChI is InChI=1S/C16H19F4NO2/c1-15(23-2)6-3-8-21(9-7-15)14(22)11-4-5-13(17)12(10-11)16(18,19)20/h4-5,10H,3,6-9H2,1-2H3. The van der Waals surface area contributed by atoms with Gasteiger partial charge in [0.1, 0.15) is 5.82 Å². The van der Waals surface area contributed by atoms with Gasteiger partial charge in [0.15, 0.2) is 0 Å². The fraction of sp³-hybridized carbons (Fsp3) is 0.562. The number of methoxy groups -OCH3 is 1. The Balaban J connectivity index is 2.21. The summed E-state index contributed by atoms with van der Waals surface area (Å²) in [5.41, 5.74) is -1.91. The predicted molar refractivity (Wildman–Crippen MR) is 76.6 cm³/mol. The molecule has 0 bridgehead atoms. The average Bonchev–Trinajstić information content (AvgIpc) is 2.68. The number of halogens is 4. The first kappa shape index (κ1) is 17.7. The molecule has 1 unspecified atom stereocenters. The van der Waals surface area contributed by atoms with Crippen LogP contribution in [-0.4, -0.2) is 36.6 Å². The van der Waals surface area contributed by atoms with E-state index in [1.807, 2.05) is 6.92 Å². The average molecular weight is 333 g/mol. The molecule has 2 rings (SSSR count). The van der Waals surface area contributed by atoms with Crippen molar-refractivity contribution in [3.8, 4) is 0 Å². The van der Waals surface area contributed by atoms with E-state index in [9.17, 15) is 22.4 Å². The zero-order valence-electron chi connectivity index (χ0n) is 13.0. The van der Waals surface area contributed by atoms with E-state index in [2.05, 4.69) is 0 Å². The quantitative estimate of drug-likeness (QED) is 0.769. The van der Waals surface area contributed by atoms with Crippen molar-refractivity contribution in [2.75, 3.05) is 20.2 Å². The van der Waals surface area contributed by atoms with Gasteiger partial charge in [0.2, 0.25) is 0 Å². The van der Waals surface area contributed by atoms with Crippen molar-refractivity contribution in [1.29, 1.82) is 0 Å². The Bertz CT molecular complexity index is 588. The second kappa shape index (κ2) is 6.47. The predicted octanol–water partition coefficient (Wildman–Crippen LogP) is 3.88. The van der Waals surface area contributed by atoms with E-state index in [1.165, 1.54) is 4.90 Å². The Labute approximate surface area is 132 Å². The molecule has 0 aromatic heterocycles. The van der Waals surface area contributed by atoms with Crippen molar-refractivity contribution >= 4 is 5.91 Å². The van der Waals surface area contributed by atoms with E-state index < -0.39 is 23.5 Å². The lowest BCUT2D eigenvalue weighted by Crippen LogP contribution is -2.34. The first-order chi connectivity index (χ1) is 10.7. The number of ether oxygens (including phenoxy) is 1. The van der Waals surface area contributed by atoms with Crippen LogP contribution in [0.4, 0.5) is 17.6 Å². The normalized spacial score (nSPS) is 22.8. The van der Waals surface area contributed by atoms with Crippen molar-refractivity contribution in [3.05, 3.63) is 35.1 Å². The number of carbonyl (C=O) groups excluding carboxylic acids is 1. The van der Waals surface area contributed by atoms with Crippen molar-refractivity contribution in [1.82, 2.24) is 4.90 Å². The minimum atomic E-state index is -4.83. The van der Waals surface area contributed by atoms with Crippen molar-refractivity contribution in [2.45, 2.75) is 38.0 Å². The van der Waals surface area contributed by atoms with E-state index in [4.69, 9.17) is 4.74 Å². The molecule has 1 saturated heterocycles. The van der Waals surface area contributed by atoms with E-state index >= 15 is 0 Å². The second-order valence-corrected chi connectivity index (χ2v) is 5.99. The minimum Gasteiger partial charge on any atom is -0.378 e. The number of amides is 1. The molecule has 0 aliphatic carbocycles. The largest absolute Gasteiger partial charge is 0.419 e. The van der Waals surface area contributed by atoms with Crippen molar-refractivity contribution < 1.29 is 27.1 Å². The number of likely N-dealkylation sites (tertiary alicyclic amines) is 1. The molecule has 1 aliphatic heterocycles. The molecule has 1 fully saturated rings. The maximum absolute atomic E-state index is 13.3. The Morgan fingerprint density at radius 1 is 1.26 bits per heavy atom. The number of hydrogen-bond acceptors (Lipinski definition) is 2. The van der Waals surface area contributed by atoms with Gasteiger partial charge < -0.3 is 9.64 Å². The van der Waals surface area contributed by atoms with Gasteiger partial charge in [0.25, 0.3) is 5.91 Å². The summed E-state index contributed by atoms with van der Waals surface area (Å²) in [7, 11) is 1.60. The number of alkyl halides is 3. The topological polar surface area (TPSA) is 29.5 Å². The molecule has 0 radical (unpaired) electrons. The SMILES string of the molecule is COC1(C)CCCN(C(=O)c2ccc(F)c(C(F)(F)F)c2)CC1. The highest BCUT2D eigenvalue weighted by Gasteiger charge is 2.35. The van der Waals surface area contributed by atoms with E-state index in [-0.39, 0.29) is 11.2 Å². The zero-order valence-corrected chi connectivity index (χ0v) is 13.0. The monoisotopic (exact) mass is 333 g/mol. The Morgan fingerprint density at radius 2 is 1.96 bits per heavy atom. The van der Waals surface area contributed by atoms with E-state index in [0.29, 0.717) is 38.1 Å². The molecule has 0 spiro atoms. The molecular weight excluding hydrogens is 314 g/mol. The van der Waals surface area contributed by atoms with Gasteiger partial charge in [0, 0.05) is 25.8 Å². The van der Waals surface area contributed by atoms with E-state index in [1.54, 1.807) is 7.11 Å². The third kappa shape index (κ3) is 4.02. The lowest BCUT2D eigenvalue weighted by atomic mass is 9.97. The minimum absolute atomic E-state index is 0.153. The van der Waals surface area contributed by atoms with Gasteiger partial charge in [-0.2, -0.15) is 13.2 Å². The maximum Gasteiger partial charge on any atom is 0.419 e. The summed E-state index contributed by atoms with van der Waals surface area (Å²) < 4.78 is 57.1. The lowest BCUT2D eigenvalue weighted by molar-refractivity contribution is -0.140.